The summed E-state index contributed by atoms with van der Waals surface area (Å²) >= 11 is 3.29. The van der Waals surface area contributed by atoms with E-state index in [1.54, 1.807) is 6.07 Å². The van der Waals surface area contributed by atoms with Gasteiger partial charge in [0.15, 0.2) is 0 Å². The highest BCUT2D eigenvalue weighted by Crippen LogP contribution is 2.27. The molecule has 1 aromatic carbocycles. The third kappa shape index (κ3) is 3.82. The summed E-state index contributed by atoms with van der Waals surface area (Å²) in [6, 6.07) is 4.70. The maximum Gasteiger partial charge on any atom is 0.240 e. The minimum absolute atomic E-state index is 0.222. The molecule has 0 aromatic heterocycles. The van der Waals surface area contributed by atoms with E-state index >= 15 is 0 Å². The van der Waals surface area contributed by atoms with Gasteiger partial charge < -0.3 is 10.1 Å². The molecule has 0 saturated carbocycles. The number of ether oxygens (including phenoxy) is 1. The fourth-order valence-corrected chi connectivity index (χ4v) is 3.67. The van der Waals surface area contributed by atoms with Crippen LogP contribution in [-0.4, -0.2) is 35.2 Å². The number of hydrogen-bond acceptors (Lipinski definition) is 4. The van der Waals surface area contributed by atoms with Gasteiger partial charge >= 0.3 is 0 Å². The van der Waals surface area contributed by atoms with Crippen LogP contribution < -0.4 is 14.8 Å². The third-order valence-corrected chi connectivity index (χ3v) is 5.10. The monoisotopic (exact) mass is 360 g/mol. The van der Waals surface area contributed by atoms with E-state index in [9.17, 15) is 8.42 Å². The zero-order valence-electron chi connectivity index (χ0n) is 11.1. The summed E-state index contributed by atoms with van der Waals surface area (Å²) in [5.74, 6) is 0.602. The molecular formula is C13H17BrN2O3S. The third-order valence-electron chi connectivity index (χ3n) is 3.08. The average Bonchev–Trinajstić information content (AvgIpc) is 2.46. The van der Waals surface area contributed by atoms with E-state index < -0.39 is 10.0 Å². The minimum Gasteiger partial charge on any atom is -0.496 e. The molecule has 2 rings (SSSR count). The molecule has 7 heteroatoms. The molecule has 1 heterocycles. The van der Waals surface area contributed by atoms with Gasteiger partial charge in [-0.25, -0.2) is 13.1 Å². The van der Waals surface area contributed by atoms with Crippen molar-refractivity contribution in [2.24, 2.45) is 0 Å². The molecule has 20 heavy (non-hydrogen) atoms. The Morgan fingerprint density at radius 3 is 2.85 bits per heavy atom. The highest BCUT2D eigenvalue weighted by atomic mass is 79.9. The van der Waals surface area contributed by atoms with Crippen molar-refractivity contribution in [2.75, 3.05) is 26.7 Å². The van der Waals surface area contributed by atoms with Crippen molar-refractivity contribution in [2.45, 2.75) is 11.3 Å². The Hall–Kier alpha value is -0.890. The predicted octanol–water partition coefficient (Wildman–Crippen LogP) is 1.66. The maximum absolute atomic E-state index is 12.2. The highest BCUT2D eigenvalue weighted by molar-refractivity contribution is 9.10. The van der Waals surface area contributed by atoms with Gasteiger partial charge in [0.25, 0.3) is 0 Å². The molecule has 0 unspecified atom stereocenters. The lowest BCUT2D eigenvalue weighted by atomic mass is 10.1. The van der Waals surface area contributed by atoms with Crippen LogP contribution >= 0.6 is 15.9 Å². The number of benzene rings is 1. The number of sulfonamides is 1. The summed E-state index contributed by atoms with van der Waals surface area (Å²) < 4.78 is 32.8. The largest absolute Gasteiger partial charge is 0.496 e. The van der Waals surface area contributed by atoms with Crippen LogP contribution in [0.4, 0.5) is 0 Å². The maximum atomic E-state index is 12.2. The summed E-state index contributed by atoms with van der Waals surface area (Å²) in [6.07, 6.45) is 2.89. The molecule has 2 N–H and O–H groups in total. The lowest BCUT2D eigenvalue weighted by molar-refractivity contribution is 0.411. The first-order chi connectivity index (χ1) is 9.53. The fraction of sp³-hybridized carbons (Fsp3) is 0.385. The van der Waals surface area contributed by atoms with E-state index in [1.165, 1.54) is 19.2 Å². The molecule has 1 aromatic rings. The van der Waals surface area contributed by atoms with Crippen LogP contribution in [0.2, 0.25) is 0 Å². The standard InChI is InChI=1S/C13H17BrN2O3S/c1-19-13-3-2-11(8-12(13)14)20(17,18)16-9-10-4-6-15-7-5-10/h2-4,8,15-16H,5-7,9H2,1H3. The zero-order chi connectivity index (χ0) is 14.6. The molecule has 5 nitrogen and oxygen atoms in total. The van der Waals surface area contributed by atoms with E-state index in [1.807, 2.05) is 6.08 Å². The Labute approximate surface area is 127 Å². The van der Waals surface area contributed by atoms with Gasteiger partial charge in [-0.2, -0.15) is 0 Å². The zero-order valence-corrected chi connectivity index (χ0v) is 13.6. The van der Waals surface area contributed by atoms with Crippen LogP contribution in [0.25, 0.3) is 0 Å². The Balaban J connectivity index is 2.09. The van der Waals surface area contributed by atoms with Gasteiger partial charge in [-0.05, 0) is 47.1 Å². The van der Waals surface area contributed by atoms with Crippen molar-refractivity contribution in [3.63, 3.8) is 0 Å². The summed E-state index contributed by atoms with van der Waals surface area (Å²) in [6.45, 7) is 2.04. The number of halogens is 1. The number of hydrogen-bond donors (Lipinski definition) is 2. The SMILES string of the molecule is COc1ccc(S(=O)(=O)NCC2=CCNCC2)cc1Br. The van der Waals surface area contributed by atoms with Crippen LogP contribution in [0.5, 0.6) is 5.75 Å². The quantitative estimate of drug-likeness (QED) is 0.783. The molecule has 0 amide bonds. The van der Waals surface area contributed by atoms with Crippen LogP contribution in [0, 0.1) is 0 Å². The molecule has 0 aliphatic carbocycles. The first kappa shape index (κ1) is 15.5. The normalized spacial score (nSPS) is 15.8. The lowest BCUT2D eigenvalue weighted by Gasteiger charge is -2.15. The molecule has 0 spiro atoms. The van der Waals surface area contributed by atoms with Gasteiger partial charge in [-0.3, -0.25) is 0 Å². The lowest BCUT2D eigenvalue weighted by Crippen LogP contribution is -2.29. The highest BCUT2D eigenvalue weighted by Gasteiger charge is 2.16. The van der Waals surface area contributed by atoms with Crippen molar-refractivity contribution in [1.82, 2.24) is 10.0 Å². The second-order valence-electron chi connectivity index (χ2n) is 4.44. The second kappa shape index (κ2) is 6.71. The van der Waals surface area contributed by atoms with Gasteiger partial charge in [-0.1, -0.05) is 11.6 Å². The summed E-state index contributed by atoms with van der Waals surface area (Å²) in [7, 11) is -1.97. The number of methoxy groups -OCH3 is 1. The molecule has 0 saturated heterocycles. The first-order valence-corrected chi connectivity index (χ1v) is 8.52. The summed E-state index contributed by atoms with van der Waals surface area (Å²) in [5, 5.41) is 3.19. The van der Waals surface area contributed by atoms with Gasteiger partial charge in [0, 0.05) is 13.1 Å². The van der Waals surface area contributed by atoms with Crippen LogP contribution in [0.1, 0.15) is 6.42 Å². The van der Waals surface area contributed by atoms with Gasteiger partial charge in [0.1, 0.15) is 5.75 Å². The topological polar surface area (TPSA) is 67.4 Å². The Morgan fingerprint density at radius 1 is 1.45 bits per heavy atom. The van der Waals surface area contributed by atoms with Crippen molar-refractivity contribution in [1.29, 1.82) is 0 Å². The Bertz CT molecular complexity index is 614. The van der Waals surface area contributed by atoms with Gasteiger partial charge in [-0.15, -0.1) is 0 Å². The minimum atomic E-state index is -3.50. The first-order valence-electron chi connectivity index (χ1n) is 6.25. The molecule has 0 bridgehead atoms. The molecule has 1 aliphatic heterocycles. The molecule has 1 aliphatic rings. The molecular weight excluding hydrogens is 344 g/mol. The Morgan fingerprint density at radius 2 is 2.25 bits per heavy atom. The van der Waals surface area contributed by atoms with Crippen molar-refractivity contribution in [3.8, 4) is 5.75 Å². The Kier molecular flexibility index (Phi) is 5.20. The second-order valence-corrected chi connectivity index (χ2v) is 7.06. The predicted molar refractivity (Wildman–Crippen MR) is 81.5 cm³/mol. The van der Waals surface area contributed by atoms with Crippen LogP contribution in [0.3, 0.4) is 0 Å². The number of rotatable bonds is 5. The van der Waals surface area contributed by atoms with E-state index in [2.05, 4.69) is 26.0 Å². The summed E-state index contributed by atoms with van der Waals surface area (Å²) in [5.41, 5.74) is 1.11. The average molecular weight is 361 g/mol. The molecule has 110 valence electrons. The van der Waals surface area contributed by atoms with E-state index in [0.717, 1.165) is 25.1 Å². The van der Waals surface area contributed by atoms with Crippen LogP contribution in [-0.2, 0) is 10.0 Å². The molecule has 0 radical (unpaired) electrons. The van der Waals surface area contributed by atoms with Crippen LogP contribution in [0.15, 0.2) is 39.2 Å². The molecule has 0 fully saturated rings. The molecule has 0 atom stereocenters. The van der Waals surface area contributed by atoms with Crippen molar-refractivity contribution < 1.29 is 13.2 Å². The van der Waals surface area contributed by atoms with Gasteiger partial charge in [0.05, 0.1) is 16.5 Å². The summed E-state index contributed by atoms with van der Waals surface area (Å²) in [4.78, 5) is 0.222. The number of nitrogens with one attached hydrogen (secondary N) is 2. The smallest absolute Gasteiger partial charge is 0.240 e. The van der Waals surface area contributed by atoms with Gasteiger partial charge in [0.2, 0.25) is 10.0 Å². The van der Waals surface area contributed by atoms with E-state index in [4.69, 9.17) is 4.74 Å². The fourth-order valence-electron chi connectivity index (χ4n) is 1.92. The van der Waals surface area contributed by atoms with E-state index in [0.29, 0.717) is 16.8 Å². The van der Waals surface area contributed by atoms with Crippen molar-refractivity contribution >= 4 is 26.0 Å². The van der Waals surface area contributed by atoms with Crippen molar-refractivity contribution in [3.05, 3.63) is 34.3 Å². The van der Waals surface area contributed by atoms with E-state index in [-0.39, 0.29) is 4.90 Å².